The molecule has 1 aromatic rings. The lowest BCUT2D eigenvalue weighted by Gasteiger charge is -2.24. The Labute approximate surface area is 123 Å². The number of halogens is 1. The Balaban J connectivity index is 2.07. The van der Waals surface area contributed by atoms with Gasteiger partial charge in [-0.1, -0.05) is 0 Å². The summed E-state index contributed by atoms with van der Waals surface area (Å²) in [6.07, 6.45) is 0. The minimum absolute atomic E-state index is 0.112. The molecular formula is C14H20FN3OS. The van der Waals surface area contributed by atoms with Gasteiger partial charge in [0.2, 0.25) is 5.91 Å². The van der Waals surface area contributed by atoms with E-state index < -0.39 is 0 Å². The number of carbonyl (C=O) groups is 1. The fourth-order valence-corrected chi connectivity index (χ4v) is 2.88. The molecule has 4 nitrogen and oxygen atoms in total. The van der Waals surface area contributed by atoms with Gasteiger partial charge in [0.15, 0.2) is 0 Å². The second kappa shape index (κ2) is 6.45. The molecule has 1 atom stereocenters. The van der Waals surface area contributed by atoms with Crippen LogP contribution in [-0.2, 0) is 4.79 Å². The summed E-state index contributed by atoms with van der Waals surface area (Å²) in [5, 5.41) is 5.83. The lowest BCUT2D eigenvalue weighted by Crippen LogP contribution is -2.37. The van der Waals surface area contributed by atoms with Crippen molar-refractivity contribution in [2.24, 2.45) is 0 Å². The van der Waals surface area contributed by atoms with Crippen molar-refractivity contribution in [3.63, 3.8) is 0 Å². The summed E-state index contributed by atoms with van der Waals surface area (Å²) in [5.74, 6) is 1.10. The Morgan fingerprint density at radius 2 is 2.30 bits per heavy atom. The van der Waals surface area contributed by atoms with Gasteiger partial charge in [0.05, 0.1) is 11.7 Å². The molecule has 1 aromatic carbocycles. The molecule has 0 saturated carbocycles. The fraction of sp³-hybridized carbons (Fsp3) is 0.500. The Morgan fingerprint density at radius 1 is 1.55 bits per heavy atom. The predicted octanol–water partition coefficient (Wildman–Crippen LogP) is 2.27. The zero-order valence-electron chi connectivity index (χ0n) is 11.9. The van der Waals surface area contributed by atoms with E-state index in [1.54, 1.807) is 23.9 Å². The Kier molecular flexibility index (Phi) is 4.88. The van der Waals surface area contributed by atoms with Crippen LogP contribution in [0.15, 0.2) is 18.2 Å². The molecule has 2 N–H and O–H groups in total. The van der Waals surface area contributed by atoms with Crippen molar-refractivity contribution in [3.05, 3.63) is 24.0 Å². The summed E-state index contributed by atoms with van der Waals surface area (Å²) >= 11 is 1.68. The summed E-state index contributed by atoms with van der Waals surface area (Å²) in [6, 6.07) is 4.82. The van der Waals surface area contributed by atoms with Gasteiger partial charge in [0, 0.05) is 30.4 Å². The van der Waals surface area contributed by atoms with Gasteiger partial charge in [-0.3, -0.25) is 10.1 Å². The van der Waals surface area contributed by atoms with Crippen LogP contribution in [0.25, 0.3) is 0 Å². The molecule has 110 valence electrons. The van der Waals surface area contributed by atoms with E-state index in [0.717, 1.165) is 11.6 Å². The highest BCUT2D eigenvalue weighted by Gasteiger charge is 2.22. The molecule has 0 aliphatic carbocycles. The maximum atomic E-state index is 14.1. The Hall–Kier alpha value is -1.27. The summed E-state index contributed by atoms with van der Waals surface area (Å²) in [4.78, 5) is 13.8. The first-order valence-electron chi connectivity index (χ1n) is 6.63. The largest absolute Gasteiger partial charge is 0.370 e. The fourth-order valence-electron chi connectivity index (χ4n) is 1.94. The van der Waals surface area contributed by atoms with E-state index in [1.807, 2.05) is 25.8 Å². The SMILES string of the molecule is CC(C)N(C)c1ccc(NC(=O)C2CSCN2)cc1F. The maximum absolute atomic E-state index is 14.1. The van der Waals surface area contributed by atoms with Crippen molar-refractivity contribution >= 4 is 29.0 Å². The van der Waals surface area contributed by atoms with Crippen LogP contribution in [0, 0.1) is 5.82 Å². The number of nitrogens with one attached hydrogen (secondary N) is 2. The van der Waals surface area contributed by atoms with Crippen molar-refractivity contribution in [2.45, 2.75) is 25.9 Å². The topological polar surface area (TPSA) is 44.4 Å². The molecule has 0 radical (unpaired) electrons. The highest BCUT2D eigenvalue weighted by molar-refractivity contribution is 7.99. The van der Waals surface area contributed by atoms with Crippen LogP contribution in [0.2, 0.25) is 0 Å². The first-order chi connectivity index (χ1) is 9.49. The van der Waals surface area contributed by atoms with E-state index in [1.165, 1.54) is 6.07 Å². The van der Waals surface area contributed by atoms with Crippen molar-refractivity contribution in [1.82, 2.24) is 5.32 Å². The molecule has 1 fully saturated rings. The molecule has 0 spiro atoms. The average Bonchev–Trinajstić information content (AvgIpc) is 2.92. The quantitative estimate of drug-likeness (QED) is 0.895. The lowest BCUT2D eigenvalue weighted by atomic mass is 10.2. The van der Waals surface area contributed by atoms with E-state index >= 15 is 0 Å². The molecule has 2 rings (SSSR count). The number of benzene rings is 1. The number of anilines is 2. The van der Waals surface area contributed by atoms with Crippen LogP contribution >= 0.6 is 11.8 Å². The highest BCUT2D eigenvalue weighted by Crippen LogP contribution is 2.23. The van der Waals surface area contributed by atoms with Gasteiger partial charge in [-0.05, 0) is 32.0 Å². The minimum Gasteiger partial charge on any atom is -0.370 e. The van der Waals surface area contributed by atoms with E-state index in [4.69, 9.17) is 0 Å². The monoisotopic (exact) mass is 297 g/mol. The van der Waals surface area contributed by atoms with Crippen molar-refractivity contribution in [2.75, 3.05) is 28.9 Å². The third kappa shape index (κ3) is 3.43. The van der Waals surface area contributed by atoms with Gasteiger partial charge >= 0.3 is 0 Å². The maximum Gasteiger partial charge on any atom is 0.242 e. The average molecular weight is 297 g/mol. The van der Waals surface area contributed by atoms with E-state index in [0.29, 0.717) is 11.4 Å². The van der Waals surface area contributed by atoms with Crippen LogP contribution < -0.4 is 15.5 Å². The molecule has 0 aromatic heterocycles. The number of rotatable bonds is 4. The summed E-state index contributed by atoms with van der Waals surface area (Å²) < 4.78 is 14.1. The smallest absolute Gasteiger partial charge is 0.242 e. The van der Waals surface area contributed by atoms with Crippen LogP contribution in [0.1, 0.15) is 13.8 Å². The molecule has 0 bridgehead atoms. The van der Waals surface area contributed by atoms with Crippen molar-refractivity contribution in [3.8, 4) is 0 Å². The normalized spacial score (nSPS) is 18.4. The number of thioether (sulfide) groups is 1. The molecule has 1 amide bonds. The molecule has 6 heteroatoms. The minimum atomic E-state index is -0.326. The molecule has 1 unspecified atom stereocenters. The lowest BCUT2D eigenvalue weighted by molar-refractivity contribution is -0.117. The van der Waals surface area contributed by atoms with Gasteiger partial charge in [-0.2, -0.15) is 0 Å². The Morgan fingerprint density at radius 3 is 2.85 bits per heavy atom. The summed E-state index contributed by atoms with van der Waals surface area (Å²) in [6.45, 7) is 4.00. The predicted molar refractivity (Wildman–Crippen MR) is 82.8 cm³/mol. The number of nitrogens with zero attached hydrogens (tertiary/aromatic N) is 1. The number of hydrogen-bond acceptors (Lipinski definition) is 4. The molecular weight excluding hydrogens is 277 g/mol. The number of hydrogen-bond donors (Lipinski definition) is 2. The van der Waals surface area contributed by atoms with Gasteiger partial charge in [0.25, 0.3) is 0 Å². The van der Waals surface area contributed by atoms with E-state index in [9.17, 15) is 9.18 Å². The number of amides is 1. The Bertz CT molecular complexity index is 489. The van der Waals surface area contributed by atoms with Gasteiger partial charge in [-0.25, -0.2) is 4.39 Å². The second-order valence-electron chi connectivity index (χ2n) is 5.13. The third-order valence-corrected chi connectivity index (χ3v) is 4.34. The first kappa shape index (κ1) is 15.1. The number of carbonyl (C=O) groups excluding carboxylic acids is 1. The molecule has 1 aliphatic rings. The highest BCUT2D eigenvalue weighted by atomic mass is 32.2. The molecule has 1 aliphatic heterocycles. The van der Waals surface area contributed by atoms with Gasteiger partial charge < -0.3 is 10.2 Å². The first-order valence-corrected chi connectivity index (χ1v) is 7.79. The van der Waals surface area contributed by atoms with E-state index in [-0.39, 0.29) is 23.8 Å². The van der Waals surface area contributed by atoms with Crippen LogP contribution in [-0.4, -0.2) is 36.7 Å². The van der Waals surface area contributed by atoms with E-state index in [2.05, 4.69) is 10.6 Å². The molecule has 1 saturated heterocycles. The van der Waals surface area contributed by atoms with Crippen LogP contribution in [0.3, 0.4) is 0 Å². The molecule has 20 heavy (non-hydrogen) atoms. The summed E-state index contributed by atoms with van der Waals surface area (Å²) in [7, 11) is 1.85. The van der Waals surface area contributed by atoms with Gasteiger partial charge in [0.1, 0.15) is 5.82 Å². The summed E-state index contributed by atoms with van der Waals surface area (Å²) in [5.41, 5.74) is 1.03. The zero-order chi connectivity index (χ0) is 14.7. The zero-order valence-corrected chi connectivity index (χ0v) is 12.8. The second-order valence-corrected chi connectivity index (χ2v) is 6.16. The van der Waals surface area contributed by atoms with Crippen LogP contribution in [0.5, 0.6) is 0 Å². The van der Waals surface area contributed by atoms with Gasteiger partial charge in [-0.15, -0.1) is 11.8 Å². The van der Waals surface area contributed by atoms with Crippen molar-refractivity contribution in [1.29, 1.82) is 0 Å². The van der Waals surface area contributed by atoms with Crippen molar-refractivity contribution < 1.29 is 9.18 Å². The molecule has 1 heterocycles. The third-order valence-electron chi connectivity index (χ3n) is 3.40. The van der Waals surface area contributed by atoms with Crippen LogP contribution in [0.4, 0.5) is 15.8 Å². The standard InChI is InChI=1S/C14H20FN3OS/c1-9(2)18(3)13-5-4-10(6-11(13)15)17-14(19)12-7-20-8-16-12/h4-6,9,12,16H,7-8H2,1-3H3,(H,17,19).